The van der Waals surface area contributed by atoms with Crippen molar-refractivity contribution in [2.45, 2.75) is 33.8 Å². The van der Waals surface area contributed by atoms with Crippen LogP contribution >= 0.6 is 11.6 Å². The Balaban J connectivity index is 1.77. The molecule has 27 heavy (non-hydrogen) atoms. The van der Waals surface area contributed by atoms with Crippen molar-refractivity contribution >= 4 is 23.2 Å². The molecular weight excluding hydrogens is 362 g/mol. The number of aryl methyl sites for hydroxylation is 2. The highest BCUT2D eigenvalue weighted by molar-refractivity contribution is 6.30. The third-order valence-corrected chi connectivity index (χ3v) is 4.59. The second-order valence-electron chi connectivity index (χ2n) is 6.45. The fourth-order valence-corrected chi connectivity index (χ4v) is 3.08. The van der Waals surface area contributed by atoms with Crippen LogP contribution in [0.15, 0.2) is 48.5 Å². The minimum atomic E-state index is -0.663. The van der Waals surface area contributed by atoms with Crippen molar-refractivity contribution in [3.05, 3.63) is 70.5 Å². The zero-order valence-electron chi connectivity index (χ0n) is 15.8. The van der Waals surface area contributed by atoms with Gasteiger partial charge in [-0.2, -0.15) is 5.10 Å². The van der Waals surface area contributed by atoms with E-state index in [4.69, 9.17) is 16.3 Å². The van der Waals surface area contributed by atoms with Gasteiger partial charge in [0.2, 0.25) is 0 Å². The number of nitrogens with zero attached hydrogens (tertiary/aromatic N) is 2. The Bertz CT molecular complexity index is 967. The van der Waals surface area contributed by atoms with Gasteiger partial charge < -0.3 is 10.1 Å². The summed E-state index contributed by atoms with van der Waals surface area (Å²) >= 11 is 5.97. The lowest BCUT2D eigenvalue weighted by Gasteiger charge is -2.16. The van der Waals surface area contributed by atoms with Gasteiger partial charge in [0.25, 0.3) is 5.91 Å². The lowest BCUT2D eigenvalue weighted by atomic mass is 10.2. The topological polar surface area (TPSA) is 56.1 Å². The quantitative estimate of drug-likeness (QED) is 0.684. The number of aromatic nitrogens is 2. The van der Waals surface area contributed by atoms with E-state index in [-0.39, 0.29) is 5.91 Å². The number of nitrogens with one attached hydrogen (secondary N) is 1. The van der Waals surface area contributed by atoms with Gasteiger partial charge in [-0.15, -0.1) is 0 Å². The summed E-state index contributed by atoms with van der Waals surface area (Å²) in [5.74, 6) is 0.402. The first kappa shape index (κ1) is 19.0. The highest BCUT2D eigenvalue weighted by Crippen LogP contribution is 2.25. The summed E-state index contributed by atoms with van der Waals surface area (Å²) in [7, 11) is 0. The van der Waals surface area contributed by atoms with Crippen LogP contribution in [0.2, 0.25) is 5.02 Å². The highest BCUT2D eigenvalue weighted by atomic mass is 35.5. The molecule has 0 saturated carbocycles. The summed E-state index contributed by atoms with van der Waals surface area (Å²) in [6.07, 6.45) is -0.663. The average Bonchev–Trinajstić information content (AvgIpc) is 2.93. The number of hydrogen-bond donors (Lipinski definition) is 1. The molecule has 6 heteroatoms. The summed E-state index contributed by atoms with van der Waals surface area (Å²) in [6.45, 7) is 7.41. The van der Waals surface area contributed by atoms with Crippen LogP contribution in [0.1, 0.15) is 23.9 Å². The molecule has 1 unspecified atom stereocenters. The molecule has 0 aliphatic rings. The third-order valence-electron chi connectivity index (χ3n) is 4.35. The lowest BCUT2D eigenvalue weighted by molar-refractivity contribution is -0.122. The van der Waals surface area contributed by atoms with Gasteiger partial charge in [-0.1, -0.05) is 29.8 Å². The molecule has 1 atom stereocenters. The van der Waals surface area contributed by atoms with Crippen molar-refractivity contribution in [2.75, 3.05) is 5.32 Å². The van der Waals surface area contributed by atoms with E-state index in [1.807, 2.05) is 55.8 Å². The number of para-hydroxylation sites is 1. The molecular formula is C21H22ClN3O2. The van der Waals surface area contributed by atoms with Gasteiger partial charge in [-0.25, -0.2) is 4.68 Å². The van der Waals surface area contributed by atoms with E-state index in [1.165, 1.54) is 0 Å². The predicted octanol–water partition coefficient (Wildman–Crippen LogP) is 4.86. The van der Waals surface area contributed by atoms with Gasteiger partial charge in [0.15, 0.2) is 6.10 Å². The van der Waals surface area contributed by atoms with Gasteiger partial charge in [-0.3, -0.25) is 4.79 Å². The molecule has 2 aromatic carbocycles. The molecule has 3 rings (SSSR count). The molecule has 3 aromatic rings. The van der Waals surface area contributed by atoms with Crippen molar-refractivity contribution in [1.29, 1.82) is 0 Å². The first-order chi connectivity index (χ1) is 12.9. The van der Waals surface area contributed by atoms with Crippen molar-refractivity contribution in [2.24, 2.45) is 0 Å². The number of amides is 1. The van der Waals surface area contributed by atoms with Crippen LogP contribution in [-0.2, 0) is 4.79 Å². The molecule has 0 bridgehead atoms. The van der Waals surface area contributed by atoms with Gasteiger partial charge in [0.1, 0.15) is 5.75 Å². The molecule has 1 amide bonds. The van der Waals surface area contributed by atoms with Crippen LogP contribution in [0, 0.1) is 20.8 Å². The Morgan fingerprint density at radius 3 is 2.52 bits per heavy atom. The molecule has 0 fully saturated rings. The van der Waals surface area contributed by atoms with Crippen molar-refractivity contribution < 1.29 is 9.53 Å². The average molecular weight is 384 g/mol. The van der Waals surface area contributed by atoms with Crippen LogP contribution in [-0.4, -0.2) is 21.8 Å². The lowest BCUT2D eigenvalue weighted by Crippen LogP contribution is -2.30. The van der Waals surface area contributed by atoms with Crippen LogP contribution in [0.25, 0.3) is 5.69 Å². The molecule has 0 saturated heterocycles. The first-order valence-corrected chi connectivity index (χ1v) is 9.10. The number of benzene rings is 2. The standard InChI is InChI=1S/C21H22ClN3O2/c1-13-12-17(22)10-11-19(13)27-16(4)21(26)23-20-14(2)24-25(15(20)3)18-8-6-5-7-9-18/h5-12,16H,1-4H3,(H,23,26). The van der Waals surface area contributed by atoms with Crippen LogP contribution in [0.5, 0.6) is 5.75 Å². The summed E-state index contributed by atoms with van der Waals surface area (Å²) in [5.41, 5.74) is 4.14. The van der Waals surface area contributed by atoms with E-state index < -0.39 is 6.10 Å². The van der Waals surface area contributed by atoms with Crippen LogP contribution in [0.4, 0.5) is 5.69 Å². The largest absolute Gasteiger partial charge is 0.481 e. The predicted molar refractivity (Wildman–Crippen MR) is 108 cm³/mol. The Labute approximate surface area is 163 Å². The van der Waals surface area contributed by atoms with Gasteiger partial charge in [0.05, 0.1) is 22.8 Å². The zero-order chi connectivity index (χ0) is 19.6. The number of carbonyl (C=O) groups excluding carboxylic acids is 1. The molecule has 0 aliphatic carbocycles. The Kier molecular flexibility index (Phi) is 5.51. The molecule has 1 N–H and O–H groups in total. The van der Waals surface area contributed by atoms with E-state index in [0.29, 0.717) is 16.5 Å². The molecule has 140 valence electrons. The number of ether oxygens (including phenoxy) is 1. The highest BCUT2D eigenvalue weighted by Gasteiger charge is 2.20. The number of rotatable bonds is 5. The second kappa shape index (κ2) is 7.84. The minimum absolute atomic E-state index is 0.233. The first-order valence-electron chi connectivity index (χ1n) is 8.72. The summed E-state index contributed by atoms with van der Waals surface area (Å²) in [5, 5.41) is 8.13. The number of carbonyl (C=O) groups is 1. The molecule has 1 aromatic heterocycles. The maximum Gasteiger partial charge on any atom is 0.265 e. The second-order valence-corrected chi connectivity index (χ2v) is 6.89. The summed E-state index contributed by atoms with van der Waals surface area (Å²) in [4.78, 5) is 12.6. The monoisotopic (exact) mass is 383 g/mol. The molecule has 0 radical (unpaired) electrons. The normalized spacial score (nSPS) is 11.9. The fourth-order valence-electron chi connectivity index (χ4n) is 2.86. The van der Waals surface area contributed by atoms with Crippen LogP contribution in [0.3, 0.4) is 0 Å². The fraction of sp³-hybridized carbons (Fsp3) is 0.238. The van der Waals surface area contributed by atoms with Crippen LogP contribution < -0.4 is 10.1 Å². The third kappa shape index (κ3) is 4.14. The van der Waals surface area contributed by atoms with Gasteiger partial charge >= 0.3 is 0 Å². The van der Waals surface area contributed by atoms with E-state index in [0.717, 1.165) is 22.6 Å². The molecule has 1 heterocycles. The Morgan fingerprint density at radius 1 is 1.15 bits per heavy atom. The molecule has 5 nitrogen and oxygen atoms in total. The van der Waals surface area contributed by atoms with Crippen molar-refractivity contribution in [3.63, 3.8) is 0 Å². The van der Waals surface area contributed by atoms with Crippen molar-refractivity contribution in [1.82, 2.24) is 9.78 Å². The number of halogens is 1. The van der Waals surface area contributed by atoms with Crippen molar-refractivity contribution in [3.8, 4) is 11.4 Å². The smallest absolute Gasteiger partial charge is 0.265 e. The SMILES string of the molecule is Cc1cc(Cl)ccc1OC(C)C(=O)Nc1c(C)nn(-c2ccccc2)c1C. The van der Waals surface area contributed by atoms with Gasteiger partial charge in [-0.05, 0) is 63.6 Å². The maximum atomic E-state index is 12.6. The Morgan fingerprint density at radius 2 is 1.85 bits per heavy atom. The van der Waals surface area contributed by atoms with E-state index in [9.17, 15) is 4.79 Å². The minimum Gasteiger partial charge on any atom is -0.481 e. The zero-order valence-corrected chi connectivity index (χ0v) is 16.5. The maximum absolute atomic E-state index is 12.6. The summed E-state index contributed by atoms with van der Waals surface area (Å²) in [6, 6.07) is 15.1. The van der Waals surface area contributed by atoms with E-state index in [1.54, 1.807) is 25.1 Å². The molecule has 0 spiro atoms. The summed E-state index contributed by atoms with van der Waals surface area (Å²) < 4.78 is 7.63. The Hall–Kier alpha value is -2.79. The van der Waals surface area contributed by atoms with E-state index >= 15 is 0 Å². The number of anilines is 1. The molecule has 0 aliphatic heterocycles. The van der Waals surface area contributed by atoms with E-state index in [2.05, 4.69) is 10.4 Å². The van der Waals surface area contributed by atoms with Gasteiger partial charge in [0, 0.05) is 5.02 Å². The number of hydrogen-bond acceptors (Lipinski definition) is 3.